The average molecular weight is 209 g/mol. The van der Waals surface area contributed by atoms with Crippen LogP contribution in [0.5, 0.6) is 0 Å². The van der Waals surface area contributed by atoms with Crippen molar-refractivity contribution in [2.45, 2.75) is 71.3 Å². The van der Waals surface area contributed by atoms with Gasteiger partial charge < -0.3 is 5.32 Å². The molecule has 0 radical (unpaired) electrons. The van der Waals surface area contributed by atoms with Gasteiger partial charge in [-0.1, -0.05) is 39.0 Å². The minimum Gasteiger partial charge on any atom is -0.314 e. The molecule has 2 rings (SSSR count). The van der Waals surface area contributed by atoms with Crippen molar-refractivity contribution in [2.75, 3.05) is 6.54 Å². The first-order valence-corrected chi connectivity index (χ1v) is 6.91. The Balaban J connectivity index is 1.63. The first-order valence-electron chi connectivity index (χ1n) is 6.91. The third kappa shape index (κ3) is 3.21. The van der Waals surface area contributed by atoms with Crippen molar-refractivity contribution in [3.63, 3.8) is 0 Å². The monoisotopic (exact) mass is 209 g/mol. The quantitative estimate of drug-likeness (QED) is 0.727. The van der Waals surface area contributed by atoms with Crippen molar-refractivity contribution < 1.29 is 0 Å². The van der Waals surface area contributed by atoms with Gasteiger partial charge in [-0.05, 0) is 37.5 Å². The summed E-state index contributed by atoms with van der Waals surface area (Å²) < 4.78 is 0. The maximum Gasteiger partial charge on any atom is 0.00415 e. The van der Waals surface area contributed by atoms with Crippen molar-refractivity contribution >= 4 is 0 Å². The van der Waals surface area contributed by atoms with E-state index < -0.39 is 0 Å². The van der Waals surface area contributed by atoms with Crippen LogP contribution in [-0.4, -0.2) is 12.6 Å². The average Bonchev–Trinajstić information content (AvgIpc) is 2.57. The topological polar surface area (TPSA) is 12.0 Å². The second-order valence-corrected chi connectivity index (χ2v) is 6.33. The molecule has 2 aliphatic rings. The number of rotatable bonds is 5. The molecular weight excluding hydrogens is 182 g/mol. The van der Waals surface area contributed by atoms with Gasteiger partial charge in [-0.2, -0.15) is 0 Å². The van der Waals surface area contributed by atoms with E-state index in [0.29, 0.717) is 5.41 Å². The number of hydrogen-bond donors (Lipinski definition) is 1. The Hall–Kier alpha value is -0.0400. The summed E-state index contributed by atoms with van der Waals surface area (Å²) in [6.07, 6.45) is 11.7. The van der Waals surface area contributed by atoms with Crippen molar-refractivity contribution in [2.24, 2.45) is 11.3 Å². The molecule has 0 bridgehead atoms. The molecule has 15 heavy (non-hydrogen) atoms. The lowest BCUT2D eigenvalue weighted by Gasteiger charge is -2.31. The molecule has 0 aromatic rings. The van der Waals surface area contributed by atoms with Crippen molar-refractivity contribution in [1.29, 1.82) is 0 Å². The Morgan fingerprint density at radius 3 is 2.40 bits per heavy atom. The molecule has 1 nitrogen and oxygen atoms in total. The van der Waals surface area contributed by atoms with Crippen molar-refractivity contribution in [1.82, 2.24) is 5.32 Å². The minimum atomic E-state index is 0.619. The Labute approximate surface area is 95.0 Å². The van der Waals surface area contributed by atoms with Gasteiger partial charge in [0.25, 0.3) is 0 Å². The van der Waals surface area contributed by atoms with Gasteiger partial charge >= 0.3 is 0 Å². The van der Waals surface area contributed by atoms with Gasteiger partial charge in [0.15, 0.2) is 0 Å². The minimum absolute atomic E-state index is 0.619. The second-order valence-electron chi connectivity index (χ2n) is 6.33. The van der Waals surface area contributed by atoms with Crippen molar-refractivity contribution in [3.8, 4) is 0 Å². The van der Waals surface area contributed by atoms with Crippen LogP contribution in [0.2, 0.25) is 0 Å². The zero-order chi connectivity index (χ0) is 10.7. The fourth-order valence-electron chi connectivity index (χ4n) is 3.14. The summed E-state index contributed by atoms with van der Waals surface area (Å²) in [5.74, 6) is 1.05. The number of nitrogens with one attached hydrogen (secondary N) is 1. The maximum absolute atomic E-state index is 3.76. The lowest BCUT2D eigenvalue weighted by molar-refractivity contribution is 0.242. The molecule has 1 N–H and O–H groups in total. The fraction of sp³-hybridized carbons (Fsp3) is 1.00. The van der Waals surface area contributed by atoms with Gasteiger partial charge in [-0.3, -0.25) is 0 Å². The molecular formula is C14H27N. The van der Waals surface area contributed by atoms with Gasteiger partial charge in [0, 0.05) is 12.6 Å². The Bertz CT molecular complexity index is 190. The third-order valence-corrected chi connectivity index (χ3v) is 4.60. The molecule has 0 amide bonds. The molecule has 0 aliphatic heterocycles. The molecule has 0 aromatic heterocycles. The SMILES string of the molecule is CC(CC1CCC1)NCC1(C)CCCC1. The highest BCUT2D eigenvalue weighted by Gasteiger charge is 2.29. The predicted octanol–water partition coefficient (Wildman–Crippen LogP) is 3.74. The highest BCUT2D eigenvalue weighted by atomic mass is 14.9. The predicted molar refractivity (Wildman–Crippen MR) is 66.0 cm³/mol. The third-order valence-electron chi connectivity index (χ3n) is 4.60. The smallest absolute Gasteiger partial charge is 0.00415 e. The summed E-state index contributed by atoms with van der Waals surface area (Å²) in [6.45, 7) is 6.08. The second kappa shape index (κ2) is 4.86. The molecule has 88 valence electrons. The fourth-order valence-corrected chi connectivity index (χ4v) is 3.14. The molecule has 0 aromatic carbocycles. The number of hydrogen-bond acceptors (Lipinski definition) is 1. The standard InChI is InChI=1S/C14H27N/c1-12(10-13-6-5-7-13)15-11-14(2)8-3-4-9-14/h12-13,15H,3-11H2,1-2H3. The lowest BCUT2D eigenvalue weighted by Crippen LogP contribution is -2.37. The summed E-state index contributed by atoms with van der Waals surface area (Å²) in [5, 5.41) is 3.76. The van der Waals surface area contributed by atoms with Crippen LogP contribution in [0.4, 0.5) is 0 Å². The summed E-state index contributed by atoms with van der Waals surface area (Å²) in [4.78, 5) is 0. The summed E-state index contributed by atoms with van der Waals surface area (Å²) in [7, 11) is 0. The van der Waals surface area contributed by atoms with Crippen LogP contribution in [0.25, 0.3) is 0 Å². The van der Waals surface area contributed by atoms with Crippen LogP contribution in [-0.2, 0) is 0 Å². The highest BCUT2D eigenvalue weighted by Crippen LogP contribution is 2.37. The van der Waals surface area contributed by atoms with E-state index in [-0.39, 0.29) is 0 Å². The zero-order valence-electron chi connectivity index (χ0n) is 10.5. The van der Waals surface area contributed by atoms with E-state index in [1.165, 1.54) is 57.9 Å². The Morgan fingerprint density at radius 1 is 1.20 bits per heavy atom. The van der Waals surface area contributed by atoms with Gasteiger partial charge in [0.1, 0.15) is 0 Å². The molecule has 1 atom stereocenters. The summed E-state index contributed by atoms with van der Waals surface area (Å²) in [5.41, 5.74) is 0.619. The van der Waals surface area contributed by atoms with Crippen LogP contribution in [0.1, 0.15) is 65.2 Å². The van der Waals surface area contributed by atoms with Crippen LogP contribution in [0, 0.1) is 11.3 Å². The largest absolute Gasteiger partial charge is 0.314 e. The van der Waals surface area contributed by atoms with Crippen LogP contribution in [0.3, 0.4) is 0 Å². The van der Waals surface area contributed by atoms with Gasteiger partial charge in [0.2, 0.25) is 0 Å². The van der Waals surface area contributed by atoms with Crippen molar-refractivity contribution in [3.05, 3.63) is 0 Å². The van der Waals surface area contributed by atoms with E-state index in [9.17, 15) is 0 Å². The van der Waals surface area contributed by atoms with E-state index in [0.717, 1.165) is 12.0 Å². The molecule has 1 heteroatoms. The van der Waals surface area contributed by atoms with E-state index in [4.69, 9.17) is 0 Å². The van der Waals surface area contributed by atoms with E-state index in [1.807, 2.05) is 0 Å². The Kier molecular flexibility index (Phi) is 3.71. The summed E-state index contributed by atoms with van der Waals surface area (Å²) >= 11 is 0. The van der Waals surface area contributed by atoms with E-state index >= 15 is 0 Å². The molecule has 2 aliphatic carbocycles. The molecule has 0 saturated heterocycles. The van der Waals surface area contributed by atoms with E-state index in [1.54, 1.807) is 0 Å². The highest BCUT2D eigenvalue weighted by molar-refractivity contribution is 4.84. The molecule has 2 fully saturated rings. The summed E-state index contributed by atoms with van der Waals surface area (Å²) in [6, 6.07) is 0.743. The lowest BCUT2D eigenvalue weighted by atomic mass is 9.81. The zero-order valence-corrected chi connectivity index (χ0v) is 10.5. The molecule has 1 unspecified atom stereocenters. The van der Waals surface area contributed by atoms with Gasteiger partial charge in [-0.15, -0.1) is 0 Å². The molecule has 0 spiro atoms. The molecule has 0 heterocycles. The van der Waals surface area contributed by atoms with E-state index in [2.05, 4.69) is 19.2 Å². The van der Waals surface area contributed by atoms with Crippen LogP contribution in [0.15, 0.2) is 0 Å². The first kappa shape index (κ1) is 11.4. The van der Waals surface area contributed by atoms with Gasteiger partial charge in [0.05, 0.1) is 0 Å². The van der Waals surface area contributed by atoms with Gasteiger partial charge in [-0.25, -0.2) is 0 Å². The Morgan fingerprint density at radius 2 is 1.87 bits per heavy atom. The maximum atomic E-state index is 3.76. The first-order chi connectivity index (χ1) is 7.18. The molecule has 2 saturated carbocycles. The van der Waals surface area contributed by atoms with Crippen LogP contribution < -0.4 is 5.32 Å². The normalized spacial score (nSPS) is 27.6. The van der Waals surface area contributed by atoms with Crippen LogP contribution >= 0.6 is 0 Å².